The van der Waals surface area contributed by atoms with E-state index in [9.17, 15) is 14.4 Å². The lowest BCUT2D eigenvalue weighted by molar-refractivity contribution is -0.167. The summed E-state index contributed by atoms with van der Waals surface area (Å²) in [6.07, 6.45) is 89.6. The molecule has 0 aromatic heterocycles. The maximum Gasteiger partial charge on any atom is 0.306 e. The second-order valence-electron chi connectivity index (χ2n) is 19.1. The van der Waals surface area contributed by atoms with Gasteiger partial charge in [0.25, 0.3) is 0 Å². The minimum atomic E-state index is -0.812. The van der Waals surface area contributed by atoms with Crippen LogP contribution in [0.15, 0.2) is 158 Å². The second kappa shape index (κ2) is 61.6. The third-order valence-electron chi connectivity index (χ3n) is 12.0. The Morgan fingerprint density at radius 3 is 0.827 bits per heavy atom. The number of hydrogen-bond acceptors (Lipinski definition) is 6. The Hall–Kier alpha value is -4.97. The Morgan fingerprint density at radius 2 is 0.520 bits per heavy atom. The molecule has 420 valence electrons. The van der Waals surface area contributed by atoms with Crippen molar-refractivity contribution in [2.24, 2.45) is 0 Å². The molecule has 0 saturated carbocycles. The van der Waals surface area contributed by atoms with Crippen molar-refractivity contribution in [1.82, 2.24) is 0 Å². The van der Waals surface area contributed by atoms with Gasteiger partial charge in [-0.15, -0.1) is 0 Å². The molecule has 1 unspecified atom stereocenters. The molecule has 0 aliphatic heterocycles. The van der Waals surface area contributed by atoms with Crippen molar-refractivity contribution >= 4 is 17.9 Å². The van der Waals surface area contributed by atoms with E-state index in [0.717, 1.165) is 161 Å². The molecule has 0 amide bonds. The predicted molar refractivity (Wildman–Crippen MR) is 325 cm³/mol. The quantitative estimate of drug-likeness (QED) is 0.0261. The predicted octanol–water partition coefficient (Wildman–Crippen LogP) is 20.5. The molecule has 0 radical (unpaired) electrons. The summed E-state index contributed by atoms with van der Waals surface area (Å²) in [5.41, 5.74) is 0. The van der Waals surface area contributed by atoms with Crippen LogP contribution in [0, 0.1) is 0 Å². The number of carbonyl (C=O) groups excluding carboxylic acids is 3. The highest BCUT2D eigenvalue weighted by Gasteiger charge is 2.19. The average molecular weight is 1030 g/mol. The molecule has 0 aliphatic rings. The van der Waals surface area contributed by atoms with E-state index in [1.165, 1.54) is 38.5 Å². The largest absolute Gasteiger partial charge is 0.462 e. The fourth-order valence-electron chi connectivity index (χ4n) is 7.60. The van der Waals surface area contributed by atoms with E-state index >= 15 is 0 Å². The zero-order valence-corrected chi connectivity index (χ0v) is 48.0. The molecular formula is C69H108O6. The van der Waals surface area contributed by atoms with Crippen LogP contribution in [-0.2, 0) is 28.6 Å². The van der Waals surface area contributed by atoms with Gasteiger partial charge in [0.05, 0.1) is 0 Å². The van der Waals surface area contributed by atoms with E-state index in [0.29, 0.717) is 12.8 Å². The number of ether oxygens (including phenoxy) is 3. The molecule has 0 aromatic carbocycles. The first-order valence-corrected chi connectivity index (χ1v) is 30.0. The van der Waals surface area contributed by atoms with Crippen LogP contribution in [0.2, 0.25) is 0 Å². The minimum Gasteiger partial charge on any atom is -0.462 e. The summed E-state index contributed by atoms with van der Waals surface area (Å²) in [5.74, 6) is -0.974. The monoisotopic (exact) mass is 1030 g/mol. The number of allylic oxidation sites excluding steroid dienone is 26. The first-order chi connectivity index (χ1) is 37.0. The third-order valence-corrected chi connectivity index (χ3v) is 12.0. The van der Waals surface area contributed by atoms with Crippen LogP contribution in [0.1, 0.15) is 239 Å². The maximum absolute atomic E-state index is 12.9. The molecule has 0 heterocycles. The lowest BCUT2D eigenvalue weighted by Crippen LogP contribution is -2.30. The third kappa shape index (κ3) is 59.8. The van der Waals surface area contributed by atoms with Gasteiger partial charge in [0, 0.05) is 19.3 Å². The summed E-state index contributed by atoms with van der Waals surface area (Å²) in [4.78, 5) is 38.1. The van der Waals surface area contributed by atoms with Crippen molar-refractivity contribution in [1.29, 1.82) is 0 Å². The molecule has 0 spiro atoms. The summed E-state index contributed by atoms with van der Waals surface area (Å²) in [5, 5.41) is 0. The number of rotatable bonds is 52. The summed E-state index contributed by atoms with van der Waals surface area (Å²) in [6, 6.07) is 0. The van der Waals surface area contributed by atoms with Gasteiger partial charge in [0.2, 0.25) is 0 Å². The highest BCUT2D eigenvalue weighted by molar-refractivity contribution is 5.71. The van der Waals surface area contributed by atoms with Crippen LogP contribution < -0.4 is 0 Å². The van der Waals surface area contributed by atoms with Crippen molar-refractivity contribution in [3.05, 3.63) is 158 Å². The molecular weight excluding hydrogens is 925 g/mol. The zero-order valence-electron chi connectivity index (χ0n) is 48.0. The molecule has 1 atom stereocenters. The highest BCUT2D eigenvalue weighted by atomic mass is 16.6. The fourth-order valence-corrected chi connectivity index (χ4v) is 7.60. The van der Waals surface area contributed by atoms with E-state index in [4.69, 9.17) is 14.2 Å². The van der Waals surface area contributed by atoms with Gasteiger partial charge in [-0.2, -0.15) is 0 Å². The molecule has 0 aromatic rings. The summed E-state index contributed by atoms with van der Waals surface area (Å²) in [7, 11) is 0. The highest BCUT2D eigenvalue weighted by Crippen LogP contribution is 2.13. The Morgan fingerprint density at radius 1 is 0.280 bits per heavy atom. The van der Waals surface area contributed by atoms with E-state index in [1.54, 1.807) is 0 Å². The van der Waals surface area contributed by atoms with Crippen LogP contribution in [0.4, 0.5) is 0 Å². The number of hydrogen-bond donors (Lipinski definition) is 0. The second-order valence-corrected chi connectivity index (χ2v) is 19.1. The van der Waals surface area contributed by atoms with Gasteiger partial charge in [-0.05, 0) is 128 Å². The van der Waals surface area contributed by atoms with Crippen molar-refractivity contribution in [3.63, 3.8) is 0 Å². The molecule has 0 saturated heterocycles. The molecule has 0 rings (SSSR count). The Labute approximate surface area is 460 Å². The SMILES string of the molecule is CC/C=C\C/C=C\C/C=C\C/C=C\C/C=C\C/C=C\C/C=C\CCCCCC(=O)OCC(COC(=O)CCCCCCCCCCC)OC(=O)CCCCCC/C=C\C/C=C\C/C=C\C/C=C\C/C=C\C/C=C\CC. The van der Waals surface area contributed by atoms with Crippen LogP contribution in [0.3, 0.4) is 0 Å². The normalized spacial score (nSPS) is 13.3. The van der Waals surface area contributed by atoms with Gasteiger partial charge in [-0.3, -0.25) is 14.4 Å². The Balaban J connectivity index is 4.43. The van der Waals surface area contributed by atoms with Crippen LogP contribution in [0.5, 0.6) is 0 Å². The van der Waals surface area contributed by atoms with E-state index in [-0.39, 0.29) is 37.5 Å². The van der Waals surface area contributed by atoms with Gasteiger partial charge in [-0.25, -0.2) is 0 Å². The molecule has 0 fully saturated rings. The molecule has 75 heavy (non-hydrogen) atoms. The zero-order chi connectivity index (χ0) is 54.3. The van der Waals surface area contributed by atoms with Crippen molar-refractivity contribution in [3.8, 4) is 0 Å². The lowest BCUT2D eigenvalue weighted by Gasteiger charge is -2.18. The number of esters is 3. The van der Waals surface area contributed by atoms with Crippen LogP contribution >= 0.6 is 0 Å². The molecule has 6 nitrogen and oxygen atoms in total. The van der Waals surface area contributed by atoms with E-state index < -0.39 is 6.10 Å². The first-order valence-electron chi connectivity index (χ1n) is 30.0. The molecule has 0 aliphatic carbocycles. The Kier molecular flexibility index (Phi) is 57.5. The van der Waals surface area contributed by atoms with Crippen molar-refractivity contribution in [2.75, 3.05) is 13.2 Å². The van der Waals surface area contributed by atoms with Crippen LogP contribution in [-0.4, -0.2) is 37.2 Å². The molecule has 0 bridgehead atoms. The lowest BCUT2D eigenvalue weighted by atomic mass is 10.1. The minimum absolute atomic E-state index is 0.105. The average Bonchev–Trinajstić information content (AvgIpc) is 3.41. The van der Waals surface area contributed by atoms with Gasteiger partial charge >= 0.3 is 17.9 Å². The van der Waals surface area contributed by atoms with Gasteiger partial charge < -0.3 is 14.2 Å². The fraction of sp³-hybridized carbons (Fsp3) is 0.580. The van der Waals surface area contributed by atoms with Gasteiger partial charge in [0.15, 0.2) is 6.10 Å². The number of carbonyl (C=O) groups is 3. The van der Waals surface area contributed by atoms with Crippen LogP contribution in [0.25, 0.3) is 0 Å². The van der Waals surface area contributed by atoms with E-state index in [1.807, 2.05) is 0 Å². The van der Waals surface area contributed by atoms with Gasteiger partial charge in [-0.1, -0.05) is 249 Å². The first kappa shape index (κ1) is 70.0. The summed E-state index contributed by atoms with van der Waals surface area (Å²) in [6.45, 7) is 6.33. The van der Waals surface area contributed by atoms with Crippen molar-refractivity contribution in [2.45, 2.75) is 245 Å². The molecule has 6 heteroatoms. The Bertz CT molecular complexity index is 1710. The summed E-state index contributed by atoms with van der Waals surface area (Å²) < 4.78 is 16.8. The molecule has 0 N–H and O–H groups in total. The van der Waals surface area contributed by atoms with Gasteiger partial charge in [0.1, 0.15) is 13.2 Å². The maximum atomic E-state index is 12.9. The van der Waals surface area contributed by atoms with Crippen molar-refractivity contribution < 1.29 is 28.6 Å². The number of unbranched alkanes of at least 4 members (excludes halogenated alkanes) is 15. The summed E-state index contributed by atoms with van der Waals surface area (Å²) >= 11 is 0. The van der Waals surface area contributed by atoms with E-state index in [2.05, 4.69) is 179 Å². The standard InChI is InChI=1S/C69H108O6/c1-4-7-10-13-16-19-21-23-25-27-29-31-33-34-36-37-39-41-43-45-47-50-53-56-59-62-68(71)74-65-66(64-73-67(70)61-58-55-52-49-18-15-12-9-6-3)75-69(72)63-60-57-54-51-48-46-44-42-40-38-35-32-30-28-26-24-22-20-17-14-11-8-5-2/h7-8,10-11,16-17,19-20,23-26,29-32,34,36,38-41,44-47,66H,4-6,9,12-15,18,21-22,27-28,33,35,37,42-43,48-65H2,1-3H3/b10-7-,11-8-,19-16-,20-17-,25-23-,26-24-,31-29-,32-30-,36-34-,40-38-,41-39-,46-44-,47-45-. The topological polar surface area (TPSA) is 78.9 Å². The smallest absolute Gasteiger partial charge is 0.306 e.